The summed E-state index contributed by atoms with van der Waals surface area (Å²) in [4.78, 5) is 34.6. The maximum atomic E-state index is 11.9. The molecule has 3 aromatic heterocycles. The summed E-state index contributed by atoms with van der Waals surface area (Å²) < 4.78 is 18.2. The number of halogens is 2. The molecule has 0 radical (unpaired) electrons. The van der Waals surface area contributed by atoms with E-state index >= 15 is 0 Å². The van der Waals surface area contributed by atoms with Crippen LogP contribution in [0.2, 0.25) is 10.3 Å². The zero-order valence-corrected chi connectivity index (χ0v) is 22.7. The quantitative estimate of drug-likeness (QED) is 0.258. The maximum Gasteiger partial charge on any atom is 0.412 e. The van der Waals surface area contributed by atoms with Gasteiger partial charge in [-0.2, -0.15) is 0 Å². The van der Waals surface area contributed by atoms with Gasteiger partial charge < -0.3 is 19.3 Å². The molecule has 0 spiro atoms. The van der Waals surface area contributed by atoms with Gasteiger partial charge in [-0.3, -0.25) is 4.90 Å². The average Bonchev–Trinajstić information content (AvgIpc) is 3.37. The summed E-state index contributed by atoms with van der Waals surface area (Å²) in [6, 6.07) is 5.56. The van der Waals surface area contributed by atoms with Gasteiger partial charge in [-0.05, 0) is 36.2 Å². The molecule has 1 N–H and O–H groups in total. The van der Waals surface area contributed by atoms with E-state index in [1.165, 1.54) is 23.7 Å². The van der Waals surface area contributed by atoms with Crippen LogP contribution in [-0.4, -0.2) is 62.5 Å². The van der Waals surface area contributed by atoms with E-state index in [-0.39, 0.29) is 24.1 Å². The van der Waals surface area contributed by atoms with E-state index in [0.717, 1.165) is 16.0 Å². The molecule has 5 aromatic rings. The molecule has 1 atom stereocenters. The van der Waals surface area contributed by atoms with Gasteiger partial charge in [0.25, 0.3) is 0 Å². The van der Waals surface area contributed by atoms with E-state index in [2.05, 4.69) is 19.9 Å². The highest BCUT2D eigenvalue weighted by Crippen LogP contribution is 2.47. The van der Waals surface area contributed by atoms with Crippen LogP contribution in [0.5, 0.6) is 17.4 Å². The monoisotopic (exact) mass is 584 g/mol. The van der Waals surface area contributed by atoms with E-state index in [0.29, 0.717) is 48.7 Å². The molecule has 39 heavy (non-hydrogen) atoms. The smallest absolute Gasteiger partial charge is 0.412 e. The number of aryl methyl sites for hydroxylation is 1. The van der Waals surface area contributed by atoms with Gasteiger partial charge in [0.05, 0.1) is 54.0 Å². The molecule has 0 fully saturated rings. The molecule has 1 aliphatic heterocycles. The molecular weight excluding hydrogens is 567 g/mol. The fraction of sp³-hybridized carbons (Fsp3) is 0.200. The van der Waals surface area contributed by atoms with Crippen molar-refractivity contribution in [2.45, 2.75) is 13.0 Å². The summed E-state index contributed by atoms with van der Waals surface area (Å²) in [5, 5.41) is 10.8. The number of carbonyl (C=O) groups is 1. The first-order valence-corrected chi connectivity index (χ1v) is 13.1. The summed E-state index contributed by atoms with van der Waals surface area (Å²) in [5.74, 6) is 1.32. The predicted octanol–water partition coefficient (Wildman–Crippen LogP) is 5.64. The van der Waals surface area contributed by atoms with E-state index < -0.39 is 12.2 Å². The van der Waals surface area contributed by atoms with Crippen LogP contribution in [0.1, 0.15) is 5.56 Å². The number of anilines is 1. The minimum atomic E-state index is -1.19. The Balaban J connectivity index is 1.35. The number of nitrogens with zero attached hydrogens (tertiary/aromatic N) is 6. The molecule has 198 valence electrons. The van der Waals surface area contributed by atoms with Crippen molar-refractivity contribution in [1.82, 2.24) is 24.9 Å². The van der Waals surface area contributed by atoms with Crippen LogP contribution >= 0.6 is 34.5 Å². The number of ether oxygens (including phenoxy) is 3. The lowest BCUT2D eigenvalue weighted by atomic mass is 10.1. The second-order valence-electron chi connectivity index (χ2n) is 8.63. The minimum Gasteiger partial charge on any atom is -0.484 e. The summed E-state index contributed by atoms with van der Waals surface area (Å²) >= 11 is 13.8. The Labute approximate surface area is 234 Å². The first kappa shape index (κ1) is 25.3. The number of aromatic nitrogens is 5. The summed E-state index contributed by atoms with van der Waals surface area (Å²) in [7, 11) is 1.54. The van der Waals surface area contributed by atoms with Gasteiger partial charge in [-0.15, -0.1) is 11.3 Å². The molecule has 0 bridgehead atoms. The second kappa shape index (κ2) is 9.95. The molecule has 1 aliphatic rings. The molecule has 1 amide bonds. The Kier molecular flexibility index (Phi) is 6.45. The lowest BCUT2D eigenvalue weighted by Gasteiger charge is -2.30. The molecule has 4 heterocycles. The number of benzene rings is 2. The van der Waals surface area contributed by atoms with Crippen LogP contribution in [0.15, 0.2) is 36.8 Å². The van der Waals surface area contributed by atoms with Gasteiger partial charge in [0, 0.05) is 11.6 Å². The SMILES string of the molecule is COc1cnc2c(-c3nc4c(Cl)cc5c(c4s3)OC[C@@H](CN(C(=O)O)c3cnc(Cl)nc3)O5)cc(C)cc2n1. The van der Waals surface area contributed by atoms with E-state index in [9.17, 15) is 9.90 Å². The van der Waals surface area contributed by atoms with Crippen LogP contribution in [0.25, 0.3) is 31.8 Å². The van der Waals surface area contributed by atoms with Crippen LogP contribution in [0.4, 0.5) is 10.5 Å². The molecule has 14 heteroatoms. The normalized spacial score (nSPS) is 14.5. The van der Waals surface area contributed by atoms with Gasteiger partial charge in [0.15, 0.2) is 17.6 Å². The third-order valence-electron chi connectivity index (χ3n) is 5.99. The van der Waals surface area contributed by atoms with Crippen molar-refractivity contribution < 1.29 is 24.1 Å². The molecular formula is C25H18Cl2N6O5S. The van der Waals surface area contributed by atoms with E-state index in [1.54, 1.807) is 19.4 Å². The van der Waals surface area contributed by atoms with Crippen LogP contribution < -0.4 is 19.1 Å². The first-order chi connectivity index (χ1) is 18.8. The maximum absolute atomic E-state index is 11.9. The highest BCUT2D eigenvalue weighted by atomic mass is 35.5. The van der Waals surface area contributed by atoms with Crippen molar-refractivity contribution >= 4 is 67.6 Å². The molecule has 6 rings (SSSR count). The summed E-state index contributed by atoms with van der Waals surface area (Å²) in [5.41, 5.74) is 4.00. The first-order valence-electron chi connectivity index (χ1n) is 11.5. The summed E-state index contributed by atoms with van der Waals surface area (Å²) in [6.07, 6.45) is 2.42. The number of fused-ring (bicyclic) bond motifs is 4. The highest BCUT2D eigenvalue weighted by Gasteiger charge is 2.30. The fourth-order valence-corrected chi connectivity index (χ4v) is 5.76. The Morgan fingerprint density at radius 3 is 2.69 bits per heavy atom. The standard InChI is InChI=1S/C25H18Cl2N6O5S/c1-11-3-14(19-16(4-11)31-18(36-2)8-28-19)23-32-20-15(26)5-17-21(22(20)39-23)37-10-13(38-17)9-33(25(34)35)12-6-29-24(27)30-7-12/h3-8,13H,9-10H2,1-2H3,(H,34,35)/t13-/m1/s1. The van der Waals surface area contributed by atoms with E-state index in [4.69, 9.17) is 42.4 Å². The van der Waals surface area contributed by atoms with Gasteiger partial charge in [-0.1, -0.05) is 11.6 Å². The highest BCUT2D eigenvalue weighted by molar-refractivity contribution is 7.22. The van der Waals surface area contributed by atoms with Crippen molar-refractivity contribution in [2.75, 3.05) is 25.2 Å². The zero-order chi connectivity index (χ0) is 27.3. The van der Waals surface area contributed by atoms with Gasteiger partial charge >= 0.3 is 6.09 Å². The number of amides is 1. The second-order valence-corrected chi connectivity index (χ2v) is 10.4. The molecule has 2 aromatic carbocycles. The third-order valence-corrected chi connectivity index (χ3v) is 7.56. The van der Waals surface area contributed by atoms with Gasteiger partial charge in [0.2, 0.25) is 11.2 Å². The number of hydrogen-bond acceptors (Lipinski definition) is 10. The predicted molar refractivity (Wildman–Crippen MR) is 147 cm³/mol. The average molecular weight is 585 g/mol. The number of thiazole rings is 1. The van der Waals surface area contributed by atoms with Crippen molar-refractivity contribution in [3.05, 3.63) is 52.7 Å². The number of carboxylic acid groups (broad SMARTS) is 1. The lowest BCUT2D eigenvalue weighted by Crippen LogP contribution is -2.43. The lowest BCUT2D eigenvalue weighted by molar-refractivity contribution is 0.0962. The van der Waals surface area contributed by atoms with Crippen molar-refractivity contribution in [3.8, 4) is 28.0 Å². The van der Waals surface area contributed by atoms with E-state index in [1.807, 2.05) is 19.1 Å². The minimum absolute atomic E-state index is 0.0169. The van der Waals surface area contributed by atoms with Crippen molar-refractivity contribution in [2.24, 2.45) is 0 Å². The molecule has 0 saturated heterocycles. The number of rotatable bonds is 5. The largest absolute Gasteiger partial charge is 0.484 e. The Morgan fingerprint density at radius 1 is 1.15 bits per heavy atom. The molecule has 0 aliphatic carbocycles. The number of methoxy groups -OCH3 is 1. The van der Waals surface area contributed by atoms with Crippen molar-refractivity contribution in [1.29, 1.82) is 0 Å². The zero-order valence-electron chi connectivity index (χ0n) is 20.4. The molecule has 0 saturated carbocycles. The Hall–Kier alpha value is -4.00. The van der Waals surface area contributed by atoms with Crippen LogP contribution in [0.3, 0.4) is 0 Å². The van der Waals surface area contributed by atoms with Gasteiger partial charge in [-0.25, -0.2) is 29.7 Å². The summed E-state index contributed by atoms with van der Waals surface area (Å²) in [6.45, 7) is 2.05. The topological polar surface area (TPSA) is 133 Å². The Morgan fingerprint density at radius 2 is 1.95 bits per heavy atom. The Bertz CT molecular complexity index is 1750. The van der Waals surface area contributed by atoms with Crippen LogP contribution in [0, 0.1) is 6.92 Å². The third kappa shape index (κ3) is 4.71. The van der Waals surface area contributed by atoms with Crippen molar-refractivity contribution in [3.63, 3.8) is 0 Å². The van der Waals surface area contributed by atoms with Gasteiger partial charge in [0.1, 0.15) is 21.8 Å². The molecule has 11 nitrogen and oxygen atoms in total. The number of hydrogen-bond donors (Lipinski definition) is 1. The fourth-order valence-electron chi connectivity index (χ4n) is 4.27. The molecule has 0 unspecified atom stereocenters. The van der Waals surface area contributed by atoms with Crippen LogP contribution in [-0.2, 0) is 0 Å².